The van der Waals surface area contributed by atoms with E-state index in [0.29, 0.717) is 0 Å². The smallest absolute Gasteiger partial charge is 0.291 e. The van der Waals surface area contributed by atoms with E-state index in [4.69, 9.17) is 20.8 Å². The SMILES string of the molecule is COc1coc(C(=O)Nc2ccc(F)c(Cl)c2)cc1=O. The van der Waals surface area contributed by atoms with Gasteiger partial charge in [-0.1, -0.05) is 11.6 Å². The first-order valence-corrected chi connectivity index (χ1v) is 5.82. The van der Waals surface area contributed by atoms with E-state index in [1.54, 1.807) is 0 Å². The molecule has 20 heavy (non-hydrogen) atoms. The molecule has 0 spiro atoms. The third kappa shape index (κ3) is 2.97. The number of ether oxygens (including phenoxy) is 1. The van der Waals surface area contributed by atoms with Crippen LogP contribution in [-0.4, -0.2) is 13.0 Å². The first-order valence-electron chi connectivity index (χ1n) is 5.44. The quantitative estimate of drug-likeness (QED) is 0.945. The summed E-state index contributed by atoms with van der Waals surface area (Å²) in [6.07, 6.45) is 1.04. The minimum Gasteiger partial charge on any atom is -0.490 e. The van der Waals surface area contributed by atoms with Gasteiger partial charge in [0.15, 0.2) is 5.76 Å². The average Bonchev–Trinajstić information content (AvgIpc) is 2.42. The Morgan fingerprint density at radius 1 is 1.40 bits per heavy atom. The molecule has 1 aromatic heterocycles. The molecule has 1 N–H and O–H groups in total. The zero-order valence-corrected chi connectivity index (χ0v) is 11.0. The molecule has 0 bridgehead atoms. The van der Waals surface area contributed by atoms with Crippen molar-refractivity contribution in [2.45, 2.75) is 0 Å². The lowest BCUT2D eigenvalue weighted by molar-refractivity contribution is 0.0993. The van der Waals surface area contributed by atoms with Crippen LogP contribution in [-0.2, 0) is 0 Å². The van der Waals surface area contributed by atoms with Crippen molar-refractivity contribution in [2.75, 3.05) is 12.4 Å². The molecule has 0 unspecified atom stereocenters. The summed E-state index contributed by atoms with van der Waals surface area (Å²) >= 11 is 5.59. The molecule has 7 heteroatoms. The number of hydrogen-bond donors (Lipinski definition) is 1. The third-order valence-corrected chi connectivity index (χ3v) is 2.71. The van der Waals surface area contributed by atoms with Crippen molar-refractivity contribution >= 4 is 23.2 Å². The van der Waals surface area contributed by atoms with Gasteiger partial charge in [0.1, 0.15) is 12.1 Å². The Kier molecular flexibility index (Phi) is 4.05. The van der Waals surface area contributed by atoms with Crippen molar-refractivity contribution in [3.05, 3.63) is 57.4 Å². The summed E-state index contributed by atoms with van der Waals surface area (Å²) < 4.78 is 22.7. The summed E-state index contributed by atoms with van der Waals surface area (Å²) in [5.74, 6) is -1.46. The Morgan fingerprint density at radius 2 is 2.15 bits per heavy atom. The molecule has 2 rings (SSSR count). The number of carbonyl (C=O) groups excluding carboxylic acids is 1. The molecule has 1 amide bonds. The molecule has 0 aliphatic heterocycles. The Hall–Kier alpha value is -2.34. The van der Waals surface area contributed by atoms with Gasteiger partial charge in [0, 0.05) is 11.8 Å². The summed E-state index contributed by atoms with van der Waals surface area (Å²) in [5.41, 5.74) is -0.207. The van der Waals surface area contributed by atoms with Crippen LogP contribution in [0.3, 0.4) is 0 Å². The molecular formula is C13H9ClFNO4. The Labute approximate surface area is 117 Å². The van der Waals surface area contributed by atoms with Gasteiger partial charge in [0.25, 0.3) is 5.91 Å². The second-order valence-electron chi connectivity index (χ2n) is 3.76. The van der Waals surface area contributed by atoms with Crippen molar-refractivity contribution in [2.24, 2.45) is 0 Å². The maximum atomic E-state index is 13.0. The highest BCUT2D eigenvalue weighted by Gasteiger charge is 2.12. The minimum absolute atomic E-state index is 0.00798. The molecular weight excluding hydrogens is 289 g/mol. The molecule has 2 aromatic rings. The lowest BCUT2D eigenvalue weighted by Gasteiger charge is -2.05. The van der Waals surface area contributed by atoms with Gasteiger partial charge in [-0.25, -0.2) is 4.39 Å². The first-order chi connectivity index (χ1) is 9.51. The van der Waals surface area contributed by atoms with E-state index in [9.17, 15) is 14.0 Å². The van der Waals surface area contributed by atoms with Crippen molar-refractivity contribution in [1.29, 1.82) is 0 Å². The maximum Gasteiger partial charge on any atom is 0.291 e. The number of halogens is 2. The van der Waals surface area contributed by atoms with E-state index < -0.39 is 17.2 Å². The largest absolute Gasteiger partial charge is 0.490 e. The second kappa shape index (κ2) is 5.75. The van der Waals surface area contributed by atoms with E-state index >= 15 is 0 Å². The zero-order chi connectivity index (χ0) is 14.7. The van der Waals surface area contributed by atoms with Gasteiger partial charge in [0.05, 0.1) is 12.1 Å². The van der Waals surface area contributed by atoms with E-state index in [0.717, 1.165) is 18.4 Å². The van der Waals surface area contributed by atoms with E-state index in [1.807, 2.05) is 0 Å². The van der Waals surface area contributed by atoms with Gasteiger partial charge < -0.3 is 14.5 Å². The van der Waals surface area contributed by atoms with E-state index in [-0.39, 0.29) is 22.2 Å². The average molecular weight is 298 g/mol. The van der Waals surface area contributed by atoms with Crippen molar-refractivity contribution < 1.29 is 18.3 Å². The molecule has 1 heterocycles. The molecule has 0 aliphatic carbocycles. The molecule has 5 nitrogen and oxygen atoms in total. The molecule has 104 valence electrons. The van der Waals surface area contributed by atoms with Crippen LogP contribution in [0.2, 0.25) is 5.02 Å². The van der Waals surface area contributed by atoms with Gasteiger partial charge in [-0.2, -0.15) is 0 Å². The van der Waals surface area contributed by atoms with Crippen LogP contribution in [0.1, 0.15) is 10.6 Å². The molecule has 0 aliphatic rings. The second-order valence-corrected chi connectivity index (χ2v) is 4.17. The Balaban J connectivity index is 2.21. The summed E-state index contributed by atoms with van der Waals surface area (Å²) in [5, 5.41) is 2.30. The highest BCUT2D eigenvalue weighted by molar-refractivity contribution is 6.31. The molecule has 1 aromatic carbocycles. The number of carbonyl (C=O) groups is 1. The highest BCUT2D eigenvalue weighted by atomic mass is 35.5. The van der Waals surface area contributed by atoms with Crippen LogP contribution in [0, 0.1) is 5.82 Å². The van der Waals surface area contributed by atoms with Gasteiger partial charge in [-0.3, -0.25) is 9.59 Å². The zero-order valence-electron chi connectivity index (χ0n) is 10.3. The predicted molar refractivity (Wildman–Crippen MR) is 70.9 cm³/mol. The van der Waals surface area contributed by atoms with Crippen molar-refractivity contribution in [3.63, 3.8) is 0 Å². The Morgan fingerprint density at radius 3 is 2.75 bits per heavy atom. The number of nitrogens with one attached hydrogen (secondary N) is 1. The summed E-state index contributed by atoms with van der Waals surface area (Å²) in [4.78, 5) is 23.3. The van der Waals surface area contributed by atoms with Gasteiger partial charge in [-0.05, 0) is 18.2 Å². The monoisotopic (exact) mass is 297 g/mol. The van der Waals surface area contributed by atoms with Crippen LogP contribution in [0.15, 0.2) is 39.7 Å². The molecule has 0 saturated heterocycles. The summed E-state index contributed by atoms with van der Waals surface area (Å²) in [6, 6.07) is 4.69. The van der Waals surface area contributed by atoms with E-state index in [1.165, 1.54) is 19.2 Å². The highest BCUT2D eigenvalue weighted by Crippen LogP contribution is 2.19. The van der Waals surface area contributed by atoms with Gasteiger partial charge in [-0.15, -0.1) is 0 Å². The van der Waals surface area contributed by atoms with Gasteiger partial charge in [0.2, 0.25) is 11.2 Å². The Bertz CT molecular complexity index is 714. The fraction of sp³-hybridized carbons (Fsp3) is 0.0769. The lowest BCUT2D eigenvalue weighted by atomic mass is 10.3. The van der Waals surface area contributed by atoms with Crippen LogP contribution in [0.25, 0.3) is 0 Å². The topological polar surface area (TPSA) is 68.5 Å². The minimum atomic E-state index is -0.660. The van der Waals surface area contributed by atoms with Crippen LogP contribution in [0.5, 0.6) is 5.75 Å². The standard InChI is InChI=1S/C13H9ClFNO4/c1-19-12-6-20-11(5-10(12)17)13(18)16-7-2-3-9(15)8(14)4-7/h2-6H,1H3,(H,16,18). The van der Waals surface area contributed by atoms with Crippen LogP contribution in [0.4, 0.5) is 10.1 Å². The lowest BCUT2D eigenvalue weighted by Crippen LogP contribution is -2.15. The molecule has 0 fully saturated rings. The maximum absolute atomic E-state index is 13.0. The fourth-order valence-corrected chi connectivity index (χ4v) is 1.61. The fourth-order valence-electron chi connectivity index (χ4n) is 1.43. The number of anilines is 1. The van der Waals surface area contributed by atoms with Gasteiger partial charge >= 0.3 is 0 Å². The number of benzene rings is 1. The first kappa shape index (κ1) is 14.1. The van der Waals surface area contributed by atoms with Crippen molar-refractivity contribution in [1.82, 2.24) is 0 Å². The molecule has 0 atom stereocenters. The summed E-state index contributed by atoms with van der Waals surface area (Å²) in [7, 11) is 1.31. The van der Waals surface area contributed by atoms with Crippen LogP contribution < -0.4 is 15.5 Å². The normalized spacial score (nSPS) is 10.2. The number of methoxy groups -OCH3 is 1. The third-order valence-electron chi connectivity index (χ3n) is 2.42. The summed E-state index contributed by atoms with van der Waals surface area (Å²) in [6.45, 7) is 0. The number of rotatable bonds is 3. The van der Waals surface area contributed by atoms with Crippen molar-refractivity contribution in [3.8, 4) is 5.75 Å². The molecule has 0 saturated carbocycles. The predicted octanol–water partition coefficient (Wildman–Crippen LogP) is 2.69. The van der Waals surface area contributed by atoms with Crippen LogP contribution >= 0.6 is 11.6 Å². The molecule has 0 radical (unpaired) electrons. The number of hydrogen-bond acceptors (Lipinski definition) is 4. The van der Waals surface area contributed by atoms with E-state index in [2.05, 4.69) is 5.32 Å². The number of amides is 1.